The molecule has 0 radical (unpaired) electrons. The van der Waals surface area contributed by atoms with E-state index in [4.69, 9.17) is 0 Å². The number of aryl methyl sites for hydroxylation is 1. The van der Waals surface area contributed by atoms with E-state index in [-0.39, 0.29) is 17.3 Å². The summed E-state index contributed by atoms with van der Waals surface area (Å²) in [5.41, 5.74) is -0.223. The largest absolute Gasteiger partial charge is 0.327 e. The number of nitro benzene ring substituents is 1. The highest BCUT2D eigenvalue weighted by molar-refractivity contribution is 6.05. The molecule has 136 valence electrons. The van der Waals surface area contributed by atoms with Crippen molar-refractivity contribution in [2.45, 2.75) is 52.5 Å². The van der Waals surface area contributed by atoms with Crippen molar-refractivity contribution < 1.29 is 14.5 Å². The highest BCUT2D eigenvalue weighted by Gasteiger charge is 2.36. The van der Waals surface area contributed by atoms with Crippen molar-refractivity contribution in [3.8, 4) is 0 Å². The van der Waals surface area contributed by atoms with E-state index in [0.717, 1.165) is 19.3 Å². The topological polar surface area (TPSA) is 83.8 Å². The standard InChI is InChI=1S/C18H25N3O4/c1-13-8-9-14(12-15(13)21(24)25)16(22)20(18(2,3)4)17(23)19-10-6-5-7-11-19/h8-9,12H,5-7,10-11H2,1-4H3. The zero-order valence-electron chi connectivity index (χ0n) is 15.2. The minimum atomic E-state index is -0.731. The molecule has 0 bridgehead atoms. The number of imide groups is 1. The second-order valence-corrected chi connectivity index (χ2v) is 7.40. The highest BCUT2D eigenvalue weighted by Crippen LogP contribution is 2.25. The lowest BCUT2D eigenvalue weighted by Crippen LogP contribution is -2.55. The van der Waals surface area contributed by atoms with Gasteiger partial charge in [0.25, 0.3) is 11.6 Å². The molecule has 7 heteroatoms. The summed E-state index contributed by atoms with van der Waals surface area (Å²) in [7, 11) is 0. The Morgan fingerprint density at radius 1 is 1.16 bits per heavy atom. The number of rotatable bonds is 2. The third-order valence-electron chi connectivity index (χ3n) is 4.34. The van der Waals surface area contributed by atoms with E-state index in [0.29, 0.717) is 18.7 Å². The van der Waals surface area contributed by atoms with Crippen LogP contribution in [0.4, 0.5) is 10.5 Å². The van der Waals surface area contributed by atoms with Gasteiger partial charge in [-0.05, 0) is 53.0 Å². The van der Waals surface area contributed by atoms with E-state index in [2.05, 4.69) is 0 Å². The molecule has 1 fully saturated rings. The lowest BCUT2D eigenvalue weighted by Gasteiger charge is -2.39. The van der Waals surface area contributed by atoms with Crippen LogP contribution < -0.4 is 0 Å². The van der Waals surface area contributed by atoms with Crippen LogP contribution in [-0.4, -0.2) is 45.3 Å². The summed E-state index contributed by atoms with van der Waals surface area (Å²) in [4.78, 5) is 39.5. The molecule has 7 nitrogen and oxygen atoms in total. The molecule has 0 unspecified atom stereocenters. The zero-order valence-corrected chi connectivity index (χ0v) is 15.2. The van der Waals surface area contributed by atoms with E-state index in [1.807, 2.05) is 0 Å². The second kappa shape index (κ2) is 7.21. The fourth-order valence-corrected chi connectivity index (χ4v) is 2.97. The van der Waals surface area contributed by atoms with Gasteiger partial charge in [0.05, 0.1) is 4.92 Å². The Balaban J connectivity index is 2.38. The molecule has 1 saturated heterocycles. The number of amides is 3. The van der Waals surface area contributed by atoms with Gasteiger partial charge < -0.3 is 4.90 Å². The number of hydrogen-bond donors (Lipinski definition) is 0. The molecule has 0 aromatic heterocycles. The molecule has 1 aromatic carbocycles. The van der Waals surface area contributed by atoms with Crippen molar-refractivity contribution in [2.75, 3.05) is 13.1 Å². The third kappa shape index (κ3) is 4.15. The van der Waals surface area contributed by atoms with Crippen molar-refractivity contribution in [3.63, 3.8) is 0 Å². The van der Waals surface area contributed by atoms with Crippen LogP contribution in [0.5, 0.6) is 0 Å². The van der Waals surface area contributed by atoms with Crippen LogP contribution in [0.25, 0.3) is 0 Å². The maximum absolute atomic E-state index is 13.0. The molecule has 3 amide bonds. The van der Waals surface area contributed by atoms with Gasteiger partial charge in [0, 0.05) is 35.8 Å². The fourth-order valence-electron chi connectivity index (χ4n) is 2.97. The summed E-state index contributed by atoms with van der Waals surface area (Å²) < 4.78 is 0. The van der Waals surface area contributed by atoms with Gasteiger partial charge in [-0.1, -0.05) is 6.07 Å². The van der Waals surface area contributed by atoms with Gasteiger partial charge >= 0.3 is 6.03 Å². The van der Waals surface area contributed by atoms with Gasteiger partial charge in [0.15, 0.2) is 0 Å². The molecule has 0 atom stereocenters. The summed E-state index contributed by atoms with van der Waals surface area (Å²) in [5.74, 6) is -0.508. The number of likely N-dealkylation sites (tertiary alicyclic amines) is 1. The first-order valence-corrected chi connectivity index (χ1v) is 8.51. The first kappa shape index (κ1) is 18.9. The number of carbonyl (C=O) groups is 2. The molecule has 0 aliphatic carbocycles. The molecule has 0 N–H and O–H groups in total. The van der Waals surface area contributed by atoms with Crippen molar-refractivity contribution in [1.82, 2.24) is 9.80 Å². The zero-order chi connectivity index (χ0) is 18.8. The van der Waals surface area contributed by atoms with Gasteiger partial charge in [-0.15, -0.1) is 0 Å². The van der Waals surface area contributed by atoms with Crippen LogP contribution in [0.3, 0.4) is 0 Å². The maximum atomic E-state index is 13.0. The summed E-state index contributed by atoms with van der Waals surface area (Å²) in [5, 5.41) is 11.2. The van der Waals surface area contributed by atoms with E-state index >= 15 is 0 Å². The predicted octanol–water partition coefficient (Wildman–Crippen LogP) is 3.75. The van der Waals surface area contributed by atoms with Crippen molar-refractivity contribution >= 4 is 17.6 Å². The second-order valence-electron chi connectivity index (χ2n) is 7.40. The monoisotopic (exact) mass is 347 g/mol. The molecule has 2 rings (SSSR count). The number of piperidine rings is 1. The molecule has 1 aliphatic rings. The lowest BCUT2D eigenvalue weighted by atomic mass is 10.0. The minimum absolute atomic E-state index is 0.120. The van der Waals surface area contributed by atoms with Gasteiger partial charge in [-0.2, -0.15) is 0 Å². The first-order chi connectivity index (χ1) is 11.6. The highest BCUT2D eigenvalue weighted by atomic mass is 16.6. The minimum Gasteiger partial charge on any atom is -0.324 e. The molecule has 0 saturated carbocycles. The Labute approximate surface area is 147 Å². The number of urea groups is 1. The van der Waals surface area contributed by atoms with Crippen molar-refractivity contribution in [3.05, 3.63) is 39.4 Å². The number of hydrogen-bond acceptors (Lipinski definition) is 4. The first-order valence-electron chi connectivity index (χ1n) is 8.51. The van der Waals surface area contributed by atoms with Gasteiger partial charge in [0.2, 0.25) is 0 Å². The summed E-state index contributed by atoms with van der Waals surface area (Å²) >= 11 is 0. The summed E-state index contributed by atoms with van der Waals surface area (Å²) in [6.07, 6.45) is 2.93. The van der Waals surface area contributed by atoms with Crippen LogP contribution >= 0.6 is 0 Å². The maximum Gasteiger partial charge on any atom is 0.327 e. The molecule has 1 aliphatic heterocycles. The quantitative estimate of drug-likeness (QED) is 0.602. The Morgan fingerprint density at radius 2 is 1.76 bits per heavy atom. The van der Waals surface area contributed by atoms with Crippen molar-refractivity contribution in [2.24, 2.45) is 0 Å². The van der Waals surface area contributed by atoms with E-state index in [9.17, 15) is 19.7 Å². The average molecular weight is 347 g/mol. The third-order valence-corrected chi connectivity index (χ3v) is 4.34. The van der Waals surface area contributed by atoms with Crippen LogP contribution in [-0.2, 0) is 0 Å². The normalized spacial score (nSPS) is 15.0. The van der Waals surface area contributed by atoms with E-state index in [1.165, 1.54) is 23.1 Å². The number of nitrogens with zero attached hydrogens (tertiary/aromatic N) is 3. The van der Waals surface area contributed by atoms with Crippen LogP contribution in [0.1, 0.15) is 56.0 Å². The average Bonchev–Trinajstić information content (AvgIpc) is 2.54. The molecular weight excluding hydrogens is 322 g/mol. The molecule has 25 heavy (non-hydrogen) atoms. The van der Waals surface area contributed by atoms with Crippen molar-refractivity contribution in [1.29, 1.82) is 0 Å². The van der Waals surface area contributed by atoms with Crippen LogP contribution in [0, 0.1) is 17.0 Å². The summed E-state index contributed by atoms with van der Waals surface area (Å²) in [6, 6.07) is 3.99. The van der Waals surface area contributed by atoms with Gasteiger partial charge in [-0.3, -0.25) is 19.8 Å². The van der Waals surface area contributed by atoms with E-state index in [1.54, 1.807) is 32.6 Å². The SMILES string of the molecule is Cc1ccc(C(=O)N(C(=O)N2CCCCC2)C(C)(C)C)cc1[N+](=O)[O-]. The smallest absolute Gasteiger partial charge is 0.324 e. The predicted molar refractivity (Wildman–Crippen MR) is 94.6 cm³/mol. The Kier molecular flexibility index (Phi) is 5.45. The van der Waals surface area contributed by atoms with Gasteiger partial charge in [0.1, 0.15) is 0 Å². The Bertz CT molecular complexity index is 688. The number of carbonyl (C=O) groups excluding carboxylic acids is 2. The van der Waals surface area contributed by atoms with E-state index < -0.39 is 16.4 Å². The molecular formula is C18H25N3O4. The van der Waals surface area contributed by atoms with Gasteiger partial charge in [-0.25, -0.2) is 4.79 Å². The van der Waals surface area contributed by atoms with Crippen LogP contribution in [0.2, 0.25) is 0 Å². The Hall–Kier alpha value is -2.44. The molecule has 1 aromatic rings. The lowest BCUT2D eigenvalue weighted by molar-refractivity contribution is -0.385. The Morgan fingerprint density at radius 3 is 2.28 bits per heavy atom. The number of benzene rings is 1. The number of nitro groups is 1. The van der Waals surface area contributed by atoms with Crippen LogP contribution in [0.15, 0.2) is 18.2 Å². The molecule has 0 spiro atoms. The molecule has 1 heterocycles. The fraction of sp³-hybridized carbons (Fsp3) is 0.556. The summed E-state index contributed by atoms with van der Waals surface area (Å²) in [6.45, 7) is 8.24.